The number of aromatic nitrogens is 3. The van der Waals surface area contributed by atoms with Gasteiger partial charge in [0.2, 0.25) is 5.95 Å². The van der Waals surface area contributed by atoms with Gasteiger partial charge >= 0.3 is 0 Å². The summed E-state index contributed by atoms with van der Waals surface area (Å²) < 4.78 is 22.5. The molecule has 158 valence electrons. The van der Waals surface area contributed by atoms with Gasteiger partial charge in [0.1, 0.15) is 23.9 Å². The van der Waals surface area contributed by atoms with E-state index in [4.69, 9.17) is 27.9 Å². The first-order valence-electron chi connectivity index (χ1n) is 9.97. The third kappa shape index (κ3) is 2.98. The number of nitrogens with one attached hydrogen (secondary N) is 1. The van der Waals surface area contributed by atoms with Crippen LogP contribution in [-0.2, 0) is 0 Å². The second kappa shape index (κ2) is 7.36. The lowest BCUT2D eigenvalue weighted by Gasteiger charge is -2.39. The highest BCUT2D eigenvalue weighted by Gasteiger charge is 2.41. The molecule has 3 aromatic carbocycles. The summed E-state index contributed by atoms with van der Waals surface area (Å²) in [4.78, 5) is 4.37. The first-order chi connectivity index (χ1) is 15.6. The molecule has 3 heterocycles. The van der Waals surface area contributed by atoms with E-state index in [2.05, 4.69) is 15.4 Å². The maximum atomic E-state index is 14.3. The predicted octanol–water partition coefficient (Wildman–Crippen LogP) is 6.28. The van der Waals surface area contributed by atoms with Gasteiger partial charge in [0.25, 0.3) is 0 Å². The van der Waals surface area contributed by atoms with Gasteiger partial charge in [-0.2, -0.15) is 10.1 Å². The summed E-state index contributed by atoms with van der Waals surface area (Å²) in [6, 6.07) is 19.4. The van der Waals surface area contributed by atoms with Gasteiger partial charge in [-0.15, -0.1) is 0 Å². The highest BCUT2D eigenvalue weighted by Crippen LogP contribution is 2.51. The van der Waals surface area contributed by atoms with Gasteiger partial charge in [0.05, 0.1) is 5.70 Å². The van der Waals surface area contributed by atoms with E-state index in [0.717, 1.165) is 22.4 Å². The van der Waals surface area contributed by atoms with Gasteiger partial charge in [-0.25, -0.2) is 9.07 Å². The van der Waals surface area contributed by atoms with Crippen molar-refractivity contribution in [2.45, 2.75) is 12.1 Å². The van der Waals surface area contributed by atoms with Crippen molar-refractivity contribution in [2.24, 2.45) is 0 Å². The zero-order chi connectivity index (χ0) is 21.8. The van der Waals surface area contributed by atoms with Crippen LogP contribution >= 0.6 is 23.2 Å². The molecular weight excluding hydrogens is 450 g/mol. The Morgan fingerprint density at radius 1 is 1.00 bits per heavy atom. The van der Waals surface area contributed by atoms with Crippen molar-refractivity contribution >= 4 is 34.8 Å². The van der Waals surface area contributed by atoms with Crippen molar-refractivity contribution in [1.29, 1.82) is 0 Å². The second-order valence-electron chi connectivity index (χ2n) is 7.60. The molecule has 1 aromatic heterocycles. The average Bonchev–Trinajstić information content (AvgIpc) is 3.26. The topological polar surface area (TPSA) is 52.0 Å². The molecule has 0 saturated heterocycles. The van der Waals surface area contributed by atoms with Gasteiger partial charge in [0.15, 0.2) is 6.10 Å². The van der Waals surface area contributed by atoms with Crippen LogP contribution in [0.3, 0.4) is 0 Å². The van der Waals surface area contributed by atoms with Crippen LogP contribution < -0.4 is 10.1 Å². The zero-order valence-corrected chi connectivity index (χ0v) is 18.0. The molecule has 5 nitrogen and oxygen atoms in total. The Morgan fingerprint density at radius 2 is 1.84 bits per heavy atom. The number of hydrogen-bond donors (Lipinski definition) is 1. The molecule has 0 bridgehead atoms. The summed E-state index contributed by atoms with van der Waals surface area (Å²) in [5, 5.41) is 8.83. The Bertz CT molecular complexity index is 1390. The molecule has 2 unspecified atom stereocenters. The summed E-state index contributed by atoms with van der Waals surface area (Å²) in [5.74, 6) is 0.761. The molecule has 0 spiro atoms. The quantitative estimate of drug-likeness (QED) is 0.379. The Kier molecular flexibility index (Phi) is 4.45. The number of fused-ring (bicyclic) bond motifs is 3. The summed E-state index contributed by atoms with van der Waals surface area (Å²) in [6.45, 7) is 0. The van der Waals surface area contributed by atoms with Gasteiger partial charge in [-0.05, 0) is 35.9 Å². The van der Waals surface area contributed by atoms with Crippen LogP contribution in [-0.4, -0.2) is 14.8 Å². The number of anilines is 1. The van der Waals surface area contributed by atoms with Crippen molar-refractivity contribution in [3.05, 3.63) is 111 Å². The fourth-order valence-electron chi connectivity index (χ4n) is 4.37. The average molecular weight is 465 g/mol. The second-order valence-corrected chi connectivity index (χ2v) is 8.44. The minimum atomic E-state index is -0.553. The molecule has 0 radical (unpaired) electrons. The third-order valence-electron chi connectivity index (χ3n) is 5.74. The highest BCUT2D eigenvalue weighted by atomic mass is 35.5. The molecule has 6 rings (SSSR count). The van der Waals surface area contributed by atoms with E-state index in [1.165, 1.54) is 18.5 Å². The van der Waals surface area contributed by atoms with Crippen LogP contribution in [0.15, 0.2) is 78.6 Å². The van der Waals surface area contributed by atoms with Gasteiger partial charge in [0, 0.05) is 26.7 Å². The van der Waals surface area contributed by atoms with E-state index in [1.54, 1.807) is 22.9 Å². The minimum Gasteiger partial charge on any atom is -0.480 e. The van der Waals surface area contributed by atoms with E-state index in [9.17, 15) is 4.39 Å². The van der Waals surface area contributed by atoms with Gasteiger partial charge in [-0.1, -0.05) is 59.6 Å². The molecule has 0 aliphatic carbocycles. The number of nitrogens with zero attached hydrogens (tertiary/aromatic N) is 3. The van der Waals surface area contributed by atoms with E-state index in [0.29, 0.717) is 27.3 Å². The SMILES string of the molecule is Fc1ccc2c(c1)C1=C(C(c3ccc(Cl)cc3Cl)O2)C(c2ccccc2)n2ncnc2N1. The maximum Gasteiger partial charge on any atom is 0.226 e. The number of benzene rings is 3. The van der Waals surface area contributed by atoms with Crippen LogP contribution in [0.2, 0.25) is 10.0 Å². The molecule has 2 aliphatic heterocycles. The first-order valence-corrected chi connectivity index (χ1v) is 10.7. The fourth-order valence-corrected chi connectivity index (χ4v) is 4.88. The fraction of sp³-hybridized carbons (Fsp3) is 0.0833. The Morgan fingerprint density at radius 3 is 2.66 bits per heavy atom. The number of hydrogen-bond acceptors (Lipinski definition) is 4. The monoisotopic (exact) mass is 464 g/mol. The largest absolute Gasteiger partial charge is 0.480 e. The van der Waals surface area contributed by atoms with E-state index >= 15 is 0 Å². The molecule has 32 heavy (non-hydrogen) atoms. The number of ether oxygens (including phenoxy) is 1. The Labute approximate surface area is 193 Å². The van der Waals surface area contributed by atoms with Crippen LogP contribution in [0.1, 0.15) is 28.8 Å². The van der Waals surface area contributed by atoms with Crippen LogP contribution in [0, 0.1) is 5.82 Å². The van der Waals surface area contributed by atoms with Crippen molar-refractivity contribution in [1.82, 2.24) is 14.8 Å². The first kappa shape index (κ1) is 19.3. The van der Waals surface area contributed by atoms with Crippen LogP contribution in [0.25, 0.3) is 5.70 Å². The summed E-state index contributed by atoms with van der Waals surface area (Å²) >= 11 is 12.8. The normalized spacial score (nSPS) is 18.8. The molecule has 1 N–H and O–H groups in total. The molecule has 2 atom stereocenters. The lowest BCUT2D eigenvalue weighted by atomic mass is 9.84. The molecule has 0 fully saturated rings. The Hall–Kier alpha value is -3.35. The van der Waals surface area contributed by atoms with Gasteiger partial charge < -0.3 is 10.1 Å². The zero-order valence-electron chi connectivity index (χ0n) is 16.5. The minimum absolute atomic E-state index is 0.335. The highest BCUT2D eigenvalue weighted by molar-refractivity contribution is 6.35. The van der Waals surface area contributed by atoms with E-state index < -0.39 is 6.10 Å². The van der Waals surface area contributed by atoms with Crippen molar-refractivity contribution < 1.29 is 9.13 Å². The van der Waals surface area contributed by atoms with E-state index in [-0.39, 0.29) is 11.9 Å². The van der Waals surface area contributed by atoms with Crippen LogP contribution in [0.4, 0.5) is 10.3 Å². The number of rotatable bonds is 2. The standard InChI is InChI=1S/C24H15Cl2FN4O/c25-14-6-8-16(18(26)10-14)23-20-21(17-11-15(27)7-9-19(17)32-23)30-24-28-12-29-31(24)22(20)13-4-2-1-3-5-13/h1-12,22-23H,(H,28,29,30). The predicted molar refractivity (Wildman–Crippen MR) is 121 cm³/mol. The molecule has 8 heteroatoms. The lowest BCUT2D eigenvalue weighted by molar-refractivity contribution is 0.223. The molecular formula is C24H15Cl2FN4O. The summed E-state index contributed by atoms with van der Waals surface area (Å²) in [7, 11) is 0. The van der Waals surface area contributed by atoms with Crippen molar-refractivity contribution in [3.63, 3.8) is 0 Å². The van der Waals surface area contributed by atoms with E-state index in [1.807, 2.05) is 36.4 Å². The smallest absolute Gasteiger partial charge is 0.226 e. The third-order valence-corrected chi connectivity index (χ3v) is 6.30. The van der Waals surface area contributed by atoms with Gasteiger partial charge in [-0.3, -0.25) is 0 Å². The van der Waals surface area contributed by atoms with Crippen LogP contribution in [0.5, 0.6) is 5.75 Å². The summed E-state index contributed by atoms with van der Waals surface area (Å²) in [6.07, 6.45) is 0.941. The molecule has 4 aromatic rings. The molecule has 2 aliphatic rings. The molecule has 0 saturated carbocycles. The van der Waals surface area contributed by atoms with Crippen molar-refractivity contribution in [2.75, 3.05) is 5.32 Å². The maximum absolute atomic E-state index is 14.3. The lowest BCUT2D eigenvalue weighted by Crippen LogP contribution is -2.32. The summed E-state index contributed by atoms with van der Waals surface area (Å²) in [5.41, 5.74) is 3.96. The molecule has 0 amide bonds. The number of halogens is 3. The Balaban J connectivity index is 1.65. The van der Waals surface area contributed by atoms with Crippen molar-refractivity contribution in [3.8, 4) is 5.75 Å².